The molecule has 4 N–H and O–H groups in total. The van der Waals surface area contributed by atoms with Gasteiger partial charge in [0.15, 0.2) is 0 Å². The second kappa shape index (κ2) is 6.34. The van der Waals surface area contributed by atoms with E-state index >= 15 is 0 Å². The fourth-order valence-electron chi connectivity index (χ4n) is 3.30. The molecule has 1 saturated heterocycles. The molecule has 3 rings (SSSR count). The molecule has 1 aliphatic rings. The van der Waals surface area contributed by atoms with Crippen LogP contribution in [0.2, 0.25) is 5.02 Å². The molecule has 7 nitrogen and oxygen atoms in total. The van der Waals surface area contributed by atoms with E-state index in [-0.39, 0.29) is 33.7 Å². The Balaban J connectivity index is 2.42. The number of benzene rings is 1. The van der Waals surface area contributed by atoms with Crippen molar-refractivity contribution < 1.29 is 4.39 Å². The van der Waals surface area contributed by atoms with Gasteiger partial charge < -0.3 is 16.5 Å². The van der Waals surface area contributed by atoms with E-state index in [1.54, 1.807) is 4.90 Å². The van der Waals surface area contributed by atoms with E-state index in [1.165, 1.54) is 4.57 Å². The van der Waals surface area contributed by atoms with Crippen molar-refractivity contribution in [1.82, 2.24) is 9.24 Å². The highest BCUT2D eigenvalue weighted by Gasteiger charge is 2.28. The van der Waals surface area contributed by atoms with Gasteiger partial charge in [-0.25, -0.2) is 9.18 Å². The van der Waals surface area contributed by atoms with E-state index in [2.05, 4.69) is 0 Å². The lowest BCUT2D eigenvalue weighted by molar-refractivity contribution is 0.507. The maximum absolute atomic E-state index is 14.7. The third-order valence-corrected chi connectivity index (χ3v) is 5.20. The molecule has 9 heteroatoms. The summed E-state index contributed by atoms with van der Waals surface area (Å²) >= 11 is 6.51. The first kappa shape index (κ1) is 17.8. The second-order valence-corrected chi connectivity index (χ2v) is 6.87. The topological polar surface area (TPSA) is 99.3 Å². The van der Waals surface area contributed by atoms with Crippen LogP contribution < -0.4 is 27.7 Å². The van der Waals surface area contributed by atoms with Crippen LogP contribution in [0.25, 0.3) is 10.9 Å². The summed E-state index contributed by atoms with van der Waals surface area (Å²) in [6.45, 7) is 4.73. The van der Waals surface area contributed by atoms with Gasteiger partial charge in [0.05, 0.1) is 21.6 Å². The minimum Gasteiger partial charge on any atom is -0.366 e. The van der Waals surface area contributed by atoms with Crippen LogP contribution in [-0.2, 0) is 0 Å². The highest BCUT2D eigenvalue weighted by Crippen LogP contribution is 2.37. The van der Waals surface area contributed by atoms with Crippen molar-refractivity contribution in [1.29, 1.82) is 0 Å². The molecule has 1 aromatic carbocycles. The molecule has 1 aromatic heterocycles. The third kappa shape index (κ3) is 2.69. The Bertz CT molecular complexity index is 954. The number of nitrogens with two attached hydrogens (primary N) is 2. The third-order valence-electron chi connectivity index (χ3n) is 4.84. The van der Waals surface area contributed by atoms with Crippen molar-refractivity contribution in [2.75, 3.05) is 23.8 Å². The molecule has 0 aliphatic carbocycles. The molecule has 2 aromatic rings. The molecule has 2 unspecified atom stereocenters. The smallest absolute Gasteiger partial charge is 0.350 e. The molecule has 1 fully saturated rings. The second-order valence-electron chi connectivity index (χ2n) is 6.50. The first-order chi connectivity index (χ1) is 11.8. The molecular formula is C16H21ClFN5O2. The summed E-state index contributed by atoms with van der Waals surface area (Å²) in [5.74, 6) is 4.97. The predicted octanol–water partition coefficient (Wildman–Crippen LogP) is 1.18. The van der Waals surface area contributed by atoms with Crippen LogP contribution in [0.4, 0.5) is 10.1 Å². The molecule has 1 aliphatic heterocycles. The number of hydrogen-bond donors (Lipinski definition) is 2. The average Bonchev–Trinajstić information content (AvgIpc) is 2.99. The van der Waals surface area contributed by atoms with E-state index in [1.807, 2.05) is 13.8 Å². The van der Waals surface area contributed by atoms with Gasteiger partial charge in [-0.3, -0.25) is 9.36 Å². The van der Waals surface area contributed by atoms with Crippen molar-refractivity contribution in [3.63, 3.8) is 0 Å². The van der Waals surface area contributed by atoms with Crippen LogP contribution in [0.5, 0.6) is 0 Å². The van der Waals surface area contributed by atoms with Gasteiger partial charge in [0.25, 0.3) is 5.56 Å². The fourth-order valence-corrected chi connectivity index (χ4v) is 3.70. The first-order valence-corrected chi connectivity index (χ1v) is 8.60. The first-order valence-electron chi connectivity index (χ1n) is 8.22. The van der Waals surface area contributed by atoms with Gasteiger partial charge in [0, 0.05) is 25.2 Å². The quantitative estimate of drug-likeness (QED) is 0.791. The van der Waals surface area contributed by atoms with Gasteiger partial charge >= 0.3 is 5.69 Å². The lowest BCUT2D eigenvalue weighted by Crippen LogP contribution is -2.45. The highest BCUT2D eigenvalue weighted by molar-refractivity contribution is 6.37. The number of hydrogen-bond acceptors (Lipinski definition) is 5. The average molecular weight is 370 g/mol. The number of rotatable bonds is 3. The number of anilines is 1. The standard InChI is InChI=1S/C16H21ClFN5O2/c1-3-8(2)22-13-10(15(24)23(20)16(22)25)6-11(18)14(12(13)17)21-5-4-9(19)7-21/h6,8-9H,3-5,7,19-20H2,1-2H3. The Morgan fingerprint density at radius 1 is 1.44 bits per heavy atom. The highest BCUT2D eigenvalue weighted by atomic mass is 35.5. The summed E-state index contributed by atoms with van der Waals surface area (Å²) in [6.07, 6.45) is 1.33. The molecule has 136 valence electrons. The maximum Gasteiger partial charge on any atom is 0.350 e. The molecule has 0 radical (unpaired) electrons. The maximum atomic E-state index is 14.7. The predicted molar refractivity (Wildman–Crippen MR) is 97.4 cm³/mol. The summed E-state index contributed by atoms with van der Waals surface area (Å²) in [5.41, 5.74) is 4.85. The molecular weight excluding hydrogens is 349 g/mol. The summed E-state index contributed by atoms with van der Waals surface area (Å²) in [7, 11) is 0. The summed E-state index contributed by atoms with van der Waals surface area (Å²) in [6, 6.07) is 0.770. The zero-order chi connectivity index (χ0) is 18.5. The van der Waals surface area contributed by atoms with Crippen molar-refractivity contribution in [2.24, 2.45) is 5.73 Å². The largest absolute Gasteiger partial charge is 0.366 e. The minimum atomic E-state index is -0.773. The molecule has 0 saturated carbocycles. The van der Waals surface area contributed by atoms with Gasteiger partial charge in [-0.15, -0.1) is 0 Å². The van der Waals surface area contributed by atoms with E-state index in [9.17, 15) is 14.0 Å². The molecule has 0 spiro atoms. The normalized spacial score (nSPS) is 18.9. The Morgan fingerprint density at radius 3 is 2.68 bits per heavy atom. The van der Waals surface area contributed by atoms with Crippen LogP contribution >= 0.6 is 11.6 Å². The number of halogens is 2. The molecule has 25 heavy (non-hydrogen) atoms. The van der Waals surface area contributed by atoms with E-state index in [4.69, 9.17) is 23.2 Å². The van der Waals surface area contributed by atoms with Gasteiger partial charge in [-0.05, 0) is 25.8 Å². The SMILES string of the molecule is CCC(C)n1c(=O)n(N)c(=O)c2cc(F)c(N3CCC(N)C3)c(Cl)c21. The number of nitrogen functional groups attached to an aromatic ring is 1. The lowest BCUT2D eigenvalue weighted by atomic mass is 10.1. The number of aromatic nitrogens is 2. The van der Waals surface area contributed by atoms with Gasteiger partial charge in [0.2, 0.25) is 0 Å². The Morgan fingerprint density at radius 2 is 2.12 bits per heavy atom. The minimum absolute atomic E-state index is 0.0165. The van der Waals surface area contributed by atoms with Crippen molar-refractivity contribution in [2.45, 2.75) is 38.8 Å². The van der Waals surface area contributed by atoms with Crippen LogP contribution in [0, 0.1) is 5.82 Å². The molecule has 2 atom stereocenters. The van der Waals surface area contributed by atoms with Crippen LogP contribution in [0.1, 0.15) is 32.7 Å². The van der Waals surface area contributed by atoms with E-state index in [0.717, 1.165) is 12.5 Å². The van der Waals surface area contributed by atoms with Gasteiger partial charge in [-0.2, -0.15) is 4.68 Å². The summed E-state index contributed by atoms with van der Waals surface area (Å²) < 4.78 is 16.6. The lowest BCUT2D eigenvalue weighted by Gasteiger charge is -2.24. The van der Waals surface area contributed by atoms with Crippen molar-refractivity contribution >= 4 is 28.2 Å². The summed E-state index contributed by atoms with van der Waals surface area (Å²) in [5, 5.41) is 0.0244. The zero-order valence-electron chi connectivity index (χ0n) is 14.1. The van der Waals surface area contributed by atoms with Gasteiger partial charge in [0.1, 0.15) is 5.82 Å². The molecule has 0 bridgehead atoms. The monoisotopic (exact) mass is 369 g/mol. The van der Waals surface area contributed by atoms with Crippen LogP contribution in [0.3, 0.4) is 0 Å². The number of fused-ring (bicyclic) bond motifs is 1. The zero-order valence-corrected chi connectivity index (χ0v) is 14.9. The molecule has 0 amide bonds. The fraction of sp³-hybridized carbons (Fsp3) is 0.500. The molecule has 2 heterocycles. The summed E-state index contributed by atoms with van der Waals surface area (Å²) in [4.78, 5) is 26.7. The van der Waals surface area contributed by atoms with Crippen molar-refractivity contribution in [3.05, 3.63) is 37.7 Å². The van der Waals surface area contributed by atoms with E-state index < -0.39 is 17.1 Å². The Kier molecular flexibility index (Phi) is 4.51. The number of nitrogens with zero attached hydrogens (tertiary/aromatic N) is 3. The van der Waals surface area contributed by atoms with E-state index in [0.29, 0.717) is 24.2 Å². The van der Waals surface area contributed by atoms with Crippen molar-refractivity contribution in [3.8, 4) is 0 Å². The Hall–Kier alpha value is -2.06. The van der Waals surface area contributed by atoms with Crippen LogP contribution in [-0.4, -0.2) is 28.4 Å². The van der Waals surface area contributed by atoms with Crippen LogP contribution in [0.15, 0.2) is 15.7 Å². The van der Waals surface area contributed by atoms with Gasteiger partial charge in [-0.1, -0.05) is 18.5 Å². The Labute approximate surface area is 148 Å².